The molecule has 0 unspecified atom stereocenters. The molecule has 0 aromatic heterocycles. The van der Waals surface area contributed by atoms with E-state index in [2.05, 4.69) is 0 Å². The number of aromatic hydroxyl groups is 1. The maximum absolute atomic E-state index is 10.1. The van der Waals surface area contributed by atoms with E-state index in [1.807, 2.05) is 37.3 Å². The Bertz CT molecular complexity index is 681. The van der Waals surface area contributed by atoms with Crippen molar-refractivity contribution in [1.29, 1.82) is 0 Å². The fourth-order valence-electron chi connectivity index (χ4n) is 3.05. The zero-order valence-corrected chi connectivity index (χ0v) is 13.1. The van der Waals surface area contributed by atoms with E-state index in [1.165, 1.54) is 0 Å². The van der Waals surface area contributed by atoms with Gasteiger partial charge in [-0.3, -0.25) is 0 Å². The van der Waals surface area contributed by atoms with E-state index in [4.69, 9.17) is 14.2 Å². The number of benzene rings is 2. The van der Waals surface area contributed by atoms with Crippen molar-refractivity contribution in [2.45, 2.75) is 25.6 Å². The molecule has 1 atom stereocenters. The van der Waals surface area contributed by atoms with Gasteiger partial charge in [0.05, 0.1) is 7.11 Å². The Balaban J connectivity index is 2.08. The molecule has 0 fully saturated rings. The molecule has 1 aliphatic rings. The first-order valence-corrected chi connectivity index (χ1v) is 7.30. The minimum Gasteiger partial charge on any atom is -0.507 e. The molecule has 1 heterocycles. The number of rotatable bonds is 3. The molecule has 2 aromatic carbocycles. The van der Waals surface area contributed by atoms with Gasteiger partial charge in [0, 0.05) is 36.3 Å². The molecule has 0 saturated carbocycles. The van der Waals surface area contributed by atoms with Gasteiger partial charge in [-0.1, -0.05) is 30.3 Å². The Hall–Kier alpha value is -2.20. The van der Waals surface area contributed by atoms with Gasteiger partial charge in [-0.2, -0.15) is 0 Å². The number of fused-ring (bicyclic) bond motifs is 1. The molecule has 0 amide bonds. The Morgan fingerprint density at radius 1 is 1.18 bits per heavy atom. The molecule has 4 nitrogen and oxygen atoms in total. The van der Waals surface area contributed by atoms with Crippen LogP contribution in [0, 0.1) is 6.92 Å². The fourth-order valence-corrected chi connectivity index (χ4v) is 3.05. The molecule has 3 rings (SSSR count). The summed E-state index contributed by atoms with van der Waals surface area (Å²) >= 11 is 0. The summed E-state index contributed by atoms with van der Waals surface area (Å²) in [6.45, 7) is 1.84. The van der Waals surface area contributed by atoms with Crippen molar-refractivity contribution in [2.24, 2.45) is 0 Å². The highest BCUT2D eigenvalue weighted by atomic mass is 16.7. The molecule has 2 aromatic rings. The molecule has 0 saturated heterocycles. The Labute approximate surface area is 130 Å². The van der Waals surface area contributed by atoms with Crippen LogP contribution in [0.1, 0.15) is 23.1 Å². The minimum atomic E-state index is -0.832. The van der Waals surface area contributed by atoms with Gasteiger partial charge in [-0.25, -0.2) is 0 Å². The second-order valence-corrected chi connectivity index (χ2v) is 5.46. The van der Waals surface area contributed by atoms with Crippen molar-refractivity contribution in [3.05, 3.63) is 53.1 Å². The van der Waals surface area contributed by atoms with E-state index in [0.29, 0.717) is 17.9 Å². The Morgan fingerprint density at radius 2 is 1.91 bits per heavy atom. The summed E-state index contributed by atoms with van der Waals surface area (Å²) in [6.07, 6.45) is 1.43. The van der Waals surface area contributed by atoms with Crippen molar-refractivity contribution in [2.75, 3.05) is 14.2 Å². The van der Waals surface area contributed by atoms with Gasteiger partial charge in [-0.15, -0.1) is 0 Å². The van der Waals surface area contributed by atoms with Crippen molar-refractivity contribution < 1.29 is 19.3 Å². The zero-order chi connectivity index (χ0) is 15.7. The standard InChI is InChI=1S/C18H20O4/c1-12-15(19)11-16-14(17(12)20-2)9-10-18(21-3,22-16)13-7-5-4-6-8-13/h4-8,11,19H,9-10H2,1-3H3/t18-/m0/s1. The molecule has 0 aliphatic carbocycles. The summed E-state index contributed by atoms with van der Waals surface area (Å²) in [5, 5.41) is 10.1. The monoisotopic (exact) mass is 300 g/mol. The van der Waals surface area contributed by atoms with Crippen molar-refractivity contribution in [1.82, 2.24) is 0 Å². The summed E-state index contributed by atoms with van der Waals surface area (Å²) in [5.74, 6) is 0.626. The number of ether oxygens (including phenoxy) is 3. The van der Waals surface area contributed by atoms with Crippen LogP contribution in [0.3, 0.4) is 0 Å². The van der Waals surface area contributed by atoms with E-state index in [-0.39, 0.29) is 5.75 Å². The van der Waals surface area contributed by atoms with Gasteiger partial charge < -0.3 is 19.3 Å². The lowest BCUT2D eigenvalue weighted by Gasteiger charge is -2.38. The van der Waals surface area contributed by atoms with Crippen molar-refractivity contribution in [3.8, 4) is 17.2 Å². The van der Waals surface area contributed by atoms with Gasteiger partial charge >= 0.3 is 0 Å². The van der Waals surface area contributed by atoms with Crippen LogP contribution in [-0.2, 0) is 16.9 Å². The van der Waals surface area contributed by atoms with Gasteiger partial charge in [0.25, 0.3) is 0 Å². The largest absolute Gasteiger partial charge is 0.507 e. The maximum Gasteiger partial charge on any atom is 0.237 e. The molecule has 1 N–H and O–H groups in total. The van der Waals surface area contributed by atoms with Crippen LogP contribution >= 0.6 is 0 Å². The maximum atomic E-state index is 10.1. The summed E-state index contributed by atoms with van der Waals surface area (Å²) in [5.41, 5.74) is 2.66. The number of phenols is 1. The topological polar surface area (TPSA) is 47.9 Å². The van der Waals surface area contributed by atoms with Crippen LogP contribution in [0.15, 0.2) is 36.4 Å². The van der Waals surface area contributed by atoms with Crippen molar-refractivity contribution >= 4 is 0 Å². The van der Waals surface area contributed by atoms with Crippen LogP contribution in [0.4, 0.5) is 0 Å². The molecule has 0 bridgehead atoms. The average molecular weight is 300 g/mol. The minimum absolute atomic E-state index is 0.163. The lowest BCUT2D eigenvalue weighted by atomic mass is 9.92. The normalized spacial score (nSPS) is 20.1. The van der Waals surface area contributed by atoms with Gasteiger partial charge in [0.2, 0.25) is 5.79 Å². The van der Waals surface area contributed by atoms with E-state index in [9.17, 15) is 5.11 Å². The Morgan fingerprint density at radius 3 is 2.55 bits per heavy atom. The summed E-state index contributed by atoms with van der Waals surface area (Å²) < 4.78 is 17.3. The molecular formula is C18H20O4. The second-order valence-electron chi connectivity index (χ2n) is 5.46. The molecule has 0 radical (unpaired) electrons. The van der Waals surface area contributed by atoms with E-state index in [0.717, 1.165) is 23.1 Å². The quantitative estimate of drug-likeness (QED) is 0.942. The van der Waals surface area contributed by atoms with Crippen LogP contribution in [0.25, 0.3) is 0 Å². The van der Waals surface area contributed by atoms with E-state index in [1.54, 1.807) is 20.3 Å². The predicted octanol–water partition coefficient (Wildman–Crippen LogP) is 3.53. The average Bonchev–Trinajstić information content (AvgIpc) is 2.56. The highest BCUT2D eigenvalue weighted by Crippen LogP contribution is 2.47. The van der Waals surface area contributed by atoms with Crippen LogP contribution in [0.5, 0.6) is 17.2 Å². The van der Waals surface area contributed by atoms with Crippen LogP contribution in [-0.4, -0.2) is 19.3 Å². The second kappa shape index (κ2) is 5.54. The molecule has 116 valence electrons. The van der Waals surface area contributed by atoms with E-state index >= 15 is 0 Å². The summed E-state index contributed by atoms with van der Waals surface area (Å²) in [7, 11) is 3.25. The highest BCUT2D eigenvalue weighted by molar-refractivity contribution is 5.57. The van der Waals surface area contributed by atoms with Gasteiger partial charge in [0.15, 0.2) is 0 Å². The third-order valence-electron chi connectivity index (χ3n) is 4.29. The first kappa shape index (κ1) is 14.7. The van der Waals surface area contributed by atoms with Crippen LogP contribution < -0.4 is 9.47 Å². The first-order valence-electron chi connectivity index (χ1n) is 7.30. The molecule has 4 heteroatoms. The number of phenolic OH excluding ortho intramolecular Hbond substituents is 1. The highest BCUT2D eigenvalue weighted by Gasteiger charge is 2.40. The molecular weight excluding hydrogens is 280 g/mol. The zero-order valence-electron chi connectivity index (χ0n) is 13.1. The van der Waals surface area contributed by atoms with E-state index < -0.39 is 5.79 Å². The van der Waals surface area contributed by atoms with Crippen LogP contribution in [0.2, 0.25) is 0 Å². The molecule has 0 spiro atoms. The number of hydrogen-bond acceptors (Lipinski definition) is 4. The summed E-state index contributed by atoms with van der Waals surface area (Å²) in [6, 6.07) is 11.5. The number of hydrogen-bond donors (Lipinski definition) is 1. The summed E-state index contributed by atoms with van der Waals surface area (Å²) in [4.78, 5) is 0. The lowest BCUT2D eigenvalue weighted by Crippen LogP contribution is -2.38. The fraction of sp³-hybridized carbons (Fsp3) is 0.333. The van der Waals surface area contributed by atoms with Crippen molar-refractivity contribution in [3.63, 3.8) is 0 Å². The van der Waals surface area contributed by atoms with Gasteiger partial charge in [0.1, 0.15) is 17.2 Å². The third kappa shape index (κ3) is 2.20. The molecule has 1 aliphatic heterocycles. The Kier molecular flexibility index (Phi) is 3.71. The lowest BCUT2D eigenvalue weighted by molar-refractivity contribution is -0.184. The smallest absolute Gasteiger partial charge is 0.237 e. The first-order chi connectivity index (χ1) is 10.6. The number of methoxy groups -OCH3 is 2. The molecule has 22 heavy (non-hydrogen) atoms. The SMILES string of the molecule is COc1c(C)c(O)cc2c1CC[C@@](OC)(c1ccccc1)O2. The van der Waals surface area contributed by atoms with Gasteiger partial charge in [-0.05, 0) is 13.3 Å². The predicted molar refractivity (Wildman–Crippen MR) is 83.5 cm³/mol. The third-order valence-corrected chi connectivity index (χ3v) is 4.29.